The number of carbonyl (C=O) groups excluding carboxylic acids is 1. The first-order valence-corrected chi connectivity index (χ1v) is 8.87. The van der Waals surface area contributed by atoms with Gasteiger partial charge in [0.15, 0.2) is 0 Å². The Morgan fingerprint density at radius 3 is 2.82 bits per heavy atom. The van der Waals surface area contributed by atoms with Gasteiger partial charge in [-0.3, -0.25) is 4.79 Å². The summed E-state index contributed by atoms with van der Waals surface area (Å²) in [7, 11) is 0. The third kappa shape index (κ3) is 4.75. The van der Waals surface area contributed by atoms with Crippen LogP contribution < -0.4 is 0 Å². The average molecular weight is 318 g/mol. The van der Waals surface area contributed by atoms with E-state index in [1.165, 1.54) is 0 Å². The highest BCUT2D eigenvalue weighted by Crippen LogP contribution is 2.21. The van der Waals surface area contributed by atoms with Gasteiger partial charge in [-0.05, 0) is 43.4 Å². The molecule has 1 saturated heterocycles. The highest BCUT2D eigenvalue weighted by molar-refractivity contribution is 7.99. The van der Waals surface area contributed by atoms with Gasteiger partial charge < -0.3 is 10.0 Å². The van der Waals surface area contributed by atoms with Crippen molar-refractivity contribution < 1.29 is 9.90 Å². The number of thioether (sulfide) groups is 1. The fraction of sp³-hybridized carbons (Fsp3) is 0.529. The fourth-order valence-electron chi connectivity index (χ4n) is 2.79. The van der Waals surface area contributed by atoms with E-state index in [9.17, 15) is 4.79 Å². The lowest BCUT2D eigenvalue weighted by molar-refractivity contribution is -0.132. The highest BCUT2D eigenvalue weighted by Gasteiger charge is 2.25. The zero-order valence-corrected chi connectivity index (χ0v) is 13.5. The molecule has 5 heteroatoms. The fourth-order valence-corrected chi connectivity index (χ4v) is 3.66. The second kappa shape index (κ2) is 8.82. The molecule has 0 aromatic heterocycles. The molecule has 1 aromatic carbocycles. The molecule has 1 atom stereocenters. The SMILES string of the molecule is N#Cc1ccc(CSCC(=O)N2CCCCC2CCO)cc1. The summed E-state index contributed by atoms with van der Waals surface area (Å²) in [5.74, 6) is 1.43. The van der Waals surface area contributed by atoms with Crippen LogP contribution in [0.4, 0.5) is 0 Å². The van der Waals surface area contributed by atoms with Gasteiger partial charge >= 0.3 is 0 Å². The number of nitriles is 1. The van der Waals surface area contributed by atoms with Crippen LogP contribution in [0.1, 0.15) is 36.8 Å². The number of nitrogens with zero attached hydrogens (tertiary/aromatic N) is 2. The Balaban J connectivity index is 1.79. The van der Waals surface area contributed by atoms with Crippen LogP contribution in [0.3, 0.4) is 0 Å². The molecule has 1 fully saturated rings. The minimum absolute atomic E-state index is 0.146. The van der Waals surface area contributed by atoms with Gasteiger partial charge in [0, 0.05) is 24.9 Å². The van der Waals surface area contributed by atoms with Crippen molar-refractivity contribution in [3.63, 3.8) is 0 Å². The van der Waals surface area contributed by atoms with E-state index in [-0.39, 0.29) is 18.6 Å². The van der Waals surface area contributed by atoms with Gasteiger partial charge in [-0.25, -0.2) is 0 Å². The molecule has 4 nitrogen and oxygen atoms in total. The van der Waals surface area contributed by atoms with Gasteiger partial charge in [0.2, 0.25) is 5.91 Å². The molecule has 1 N–H and O–H groups in total. The lowest BCUT2D eigenvalue weighted by Gasteiger charge is -2.35. The molecular weight excluding hydrogens is 296 g/mol. The highest BCUT2D eigenvalue weighted by atomic mass is 32.2. The summed E-state index contributed by atoms with van der Waals surface area (Å²) in [6.07, 6.45) is 3.90. The Hall–Kier alpha value is -1.51. The van der Waals surface area contributed by atoms with Crippen molar-refractivity contribution in [2.75, 3.05) is 18.9 Å². The monoisotopic (exact) mass is 318 g/mol. The van der Waals surface area contributed by atoms with Crippen LogP contribution in [-0.2, 0) is 10.5 Å². The predicted molar refractivity (Wildman–Crippen MR) is 88.4 cm³/mol. The van der Waals surface area contributed by atoms with E-state index in [0.29, 0.717) is 17.7 Å². The molecule has 1 amide bonds. The van der Waals surface area contributed by atoms with Gasteiger partial charge in [-0.15, -0.1) is 11.8 Å². The van der Waals surface area contributed by atoms with E-state index in [1.54, 1.807) is 23.9 Å². The van der Waals surface area contributed by atoms with Crippen molar-refractivity contribution in [1.29, 1.82) is 5.26 Å². The van der Waals surface area contributed by atoms with Crippen molar-refractivity contribution in [3.8, 4) is 6.07 Å². The molecule has 2 rings (SSSR count). The number of piperidine rings is 1. The van der Waals surface area contributed by atoms with Gasteiger partial charge in [0.1, 0.15) is 0 Å². The lowest BCUT2D eigenvalue weighted by Crippen LogP contribution is -2.45. The van der Waals surface area contributed by atoms with Crippen molar-refractivity contribution in [2.24, 2.45) is 0 Å². The first-order chi connectivity index (χ1) is 10.7. The normalized spacial score (nSPS) is 18.0. The van der Waals surface area contributed by atoms with Crippen molar-refractivity contribution in [1.82, 2.24) is 4.90 Å². The molecule has 0 bridgehead atoms. The summed E-state index contributed by atoms with van der Waals surface area (Å²) >= 11 is 1.61. The molecule has 1 aliphatic rings. The molecule has 1 aromatic rings. The number of aliphatic hydroxyl groups is 1. The Morgan fingerprint density at radius 2 is 2.14 bits per heavy atom. The first-order valence-electron chi connectivity index (χ1n) is 7.71. The van der Waals surface area contributed by atoms with E-state index < -0.39 is 0 Å². The summed E-state index contributed by atoms with van der Waals surface area (Å²) in [6.45, 7) is 0.966. The molecule has 0 saturated carbocycles. The number of hydrogen-bond donors (Lipinski definition) is 1. The van der Waals surface area contributed by atoms with Crippen LogP contribution in [0.25, 0.3) is 0 Å². The van der Waals surface area contributed by atoms with E-state index in [4.69, 9.17) is 10.4 Å². The molecule has 22 heavy (non-hydrogen) atoms. The molecular formula is C17H22N2O2S. The number of hydrogen-bond acceptors (Lipinski definition) is 4. The average Bonchev–Trinajstić information content (AvgIpc) is 2.56. The van der Waals surface area contributed by atoms with Crippen LogP contribution in [0.5, 0.6) is 0 Å². The maximum absolute atomic E-state index is 12.4. The lowest BCUT2D eigenvalue weighted by atomic mass is 10.00. The van der Waals surface area contributed by atoms with Crippen LogP contribution in [0.15, 0.2) is 24.3 Å². The Labute approximate surface area is 136 Å². The minimum Gasteiger partial charge on any atom is -0.396 e. The molecule has 1 heterocycles. The largest absolute Gasteiger partial charge is 0.396 e. The van der Waals surface area contributed by atoms with E-state index >= 15 is 0 Å². The quantitative estimate of drug-likeness (QED) is 0.875. The maximum Gasteiger partial charge on any atom is 0.232 e. The Bertz CT molecular complexity index is 522. The topological polar surface area (TPSA) is 64.3 Å². The van der Waals surface area contributed by atoms with Crippen molar-refractivity contribution in [3.05, 3.63) is 35.4 Å². The van der Waals surface area contributed by atoms with Crippen LogP contribution in [0.2, 0.25) is 0 Å². The van der Waals surface area contributed by atoms with Crippen molar-refractivity contribution in [2.45, 2.75) is 37.5 Å². The summed E-state index contributed by atoms with van der Waals surface area (Å²) in [5.41, 5.74) is 1.78. The molecule has 1 aliphatic heterocycles. The molecule has 0 radical (unpaired) electrons. The zero-order valence-electron chi connectivity index (χ0n) is 12.7. The smallest absolute Gasteiger partial charge is 0.232 e. The summed E-state index contributed by atoms with van der Waals surface area (Å²) in [6, 6.07) is 9.79. The van der Waals surface area contributed by atoms with Gasteiger partial charge in [0.05, 0.1) is 17.4 Å². The maximum atomic E-state index is 12.4. The third-order valence-electron chi connectivity index (χ3n) is 3.99. The first kappa shape index (κ1) is 16.9. The number of likely N-dealkylation sites (tertiary alicyclic amines) is 1. The standard InChI is InChI=1S/C17H22N2O2S/c18-11-14-4-6-15(7-5-14)12-22-13-17(21)19-9-2-1-3-16(19)8-10-20/h4-7,16,20H,1-3,8-10,12-13H2. The number of carbonyl (C=O) groups is 1. The van der Waals surface area contributed by atoms with E-state index in [2.05, 4.69) is 6.07 Å². The van der Waals surface area contributed by atoms with E-state index in [0.717, 1.165) is 37.1 Å². The summed E-state index contributed by atoms with van der Waals surface area (Å²) < 4.78 is 0. The molecule has 0 aliphatic carbocycles. The number of benzene rings is 1. The van der Waals surface area contributed by atoms with Gasteiger partial charge in [-0.2, -0.15) is 5.26 Å². The minimum atomic E-state index is 0.146. The third-order valence-corrected chi connectivity index (χ3v) is 4.98. The predicted octanol–water partition coefficient (Wildman–Crippen LogP) is 2.55. The van der Waals surface area contributed by atoms with Crippen molar-refractivity contribution >= 4 is 17.7 Å². The second-order valence-electron chi connectivity index (χ2n) is 5.55. The molecule has 118 valence electrons. The molecule has 1 unspecified atom stereocenters. The van der Waals surface area contributed by atoms with Gasteiger partial charge in [0.25, 0.3) is 0 Å². The zero-order chi connectivity index (χ0) is 15.8. The second-order valence-corrected chi connectivity index (χ2v) is 6.54. The van der Waals surface area contributed by atoms with Gasteiger partial charge in [-0.1, -0.05) is 12.1 Å². The number of aliphatic hydroxyl groups excluding tert-OH is 1. The van der Waals surface area contributed by atoms with Crippen LogP contribution in [0, 0.1) is 11.3 Å². The summed E-state index contributed by atoms with van der Waals surface area (Å²) in [4.78, 5) is 14.3. The number of amides is 1. The summed E-state index contributed by atoms with van der Waals surface area (Å²) in [5, 5.41) is 17.9. The Morgan fingerprint density at radius 1 is 1.36 bits per heavy atom. The van der Waals surface area contributed by atoms with E-state index in [1.807, 2.05) is 17.0 Å². The Kier molecular flexibility index (Phi) is 6.75. The van der Waals surface area contributed by atoms with Crippen LogP contribution >= 0.6 is 11.8 Å². The molecule has 0 spiro atoms. The van der Waals surface area contributed by atoms with Crippen LogP contribution in [-0.4, -0.2) is 40.9 Å². The number of rotatable bonds is 6.